The molecule has 1 heterocycles. The van der Waals surface area contributed by atoms with E-state index in [0.29, 0.717) is 6.04 Å². The molecule has 1 saturated heterocycles. The molecule has 0 unspecified atom stereocenters. The number of nitrogens with one attached hydrogen (secondary N) is 2. The molecule has 1 aliphatic carbocycles. The van der Waals surface area contributed by atoms with Crippen molar-refractivity contribution in [2.45, 2.75) is 44.7 Å². The molecule has 0 aromatic heterocycles. The Morgan fingerprint density at radius 3 is 2.59 bits per heavy atom. The van der Waals surface area contributed by atoms with Gasteiger partial charge in [-0.15, -0.1) is 0 Å². The summed E-state index contributed by atoms with van der Waals surface area (Å²) in [6, 6.07) is -0.110. The second-order valence-corrected chi connectivity index (χ2v) is 5.10. The first-order valence-electron chi connectivity index (χ1n) is 5.83. The fraction of sp³-hybridized carbons (Fsp3) is 0.727. The predicted octanol–water partition coefficient (Wildman–Crippen LogP) is -0.0145. The number of rotatable bonds is 4. The Bertz CT molecular complexity index is 374. The lowest BCUT2D eigenvalue weighted by Crippen LogP contribution is -2.40. The highest BCUT2D eigenvalue weighted by Gasteiger charge is 2.44. The average Bonchev–Trinajstić information content (AvgIpc) is 2.97. The molecule has 94 valence electrons. The van der Waals surface area contributed by atoms with Gasteiger partial charge in [0.2, 0.25) is 5.91 Å². The van der Waals surface area contributed by atoms with E-state index in [2.05, 4.69) is 10.6 Å². The summed E-state index contributed by atoms with van der Waals surface area (Å²) in [5, 5.41) is 5.40. The van der Waals surface area contributed by atoms with Crippen molar-refractivity contribution in [2.75, 3.05) is 6.54 Å². The Hall–Kier alpha value is -1.59. The Kier molecular flexibility index (Phi) is 2.81. The van der Waals surface area contributed by atoms with Gasteiger partial charge < -0.3 is 10.6 Å². The van der Waals surface area contributed by atoms with Gasteiger partial charge in [-0.05, 0) is 26.7 Å². The van der Waals surface area contributed by atoms with E-state index in [0.717, 1.165) is 17.7 Å². The van der Waals surface area contributed by atoms with Crippen LogP contribution in [-0.4, -0.2) is 40.9 Å². The van der Waals surface area contributed by atoms with Gasteiger partial charge in [0.15, 0.2) is 0 Å². The van der Waals surface area contributed by atoms with Crippen LogP contribution in [0.3, 0.4) is 0 Å². The minimum Gasteiger partial charge on any atom is -0.353 e. The molecule has 0 atom stereocenters. The molecule has 0 aromatic carbocycles. The second kappa shape index (κ2) is 4.01. The van der Waals surface area contributed by atoms with Crippen LogP contribution < -0.4 is 10.6 Å². The molecule has 2 aliphatic rings. The van der Waals surface area contributed by atoms with Gasteiger partial charge in [0, 0.05) is 19.0 Å². The molecule has 1 saturated carbocycles. The fourth-order valence-electron chi connectivity index (χ4n) is 1.76. The largest absolute Gasteiger partial charge is 0.353 e. The Balaban J connectivity index is 1.84. The molecule has 17 heavy (non-hydrogen) atoms. The number of hydrogen-bond donors (Lipinski definition) is 2. The molecule has 1 aliphatic heterocycles. The molecule has 0 radical (unpaired) electrons. The van der Waals surface area contributed by atoms with Crippen LogP contribution in [0.15, 0.2) is 0 Å². The summed E-state index contributed by atoms with van der Waals surface area (Å²) >= 11 is 0. The van der Waals surface area contributed by atoms with Gasteiger partial charge in [0.05, 0.1) is 0 Å². The van der Waals surface area contributed by atoms with Crippen LogP contribution in [-0.2, 0) is 9.59 Å². The summed E-state index contributed by atoms with van der Waals surface area (Å²) in [4.78, 5) is 35.9. The maximum Gasteiger partial charge on any atom is 0.325 e. The normalized spacial score (nSPS) is 22.6. The summed E-state index contributed by atoms with van der Waals surface area (Å²) in [7, 11) is 0. The van der Waals surface area contributed by atoms with Crippen LogP contribution in [0.25, 0.3) is 0 Å². The highest BCUT2D eigenvalue weighted by Crippen LogP contribution is 2.19. The first-order chi connectivity index (χ1) is 7.90. The van der Waals surface area contributed by atoms with Crippen molar-refractivity contribution in [3.63, 3.8) is 0 Å². The average molecular weight is 239 g/mol. The van der Waals surface area contributed by atoms with Crippen molar-refractivity contribution < 1.29 is 14.4 Å². The summed E-state index contributed by atoms with van der Waals surface area (Å²) in [6.07, 6.45) is 2.23. The molecule has 0 aromatic rings. The quantitative estimate of drug-likeness (QED) is 0.677. The third-order valence-electron chi connectivity index (χ3n) is 2.95. The van der Waals surface area contributed by atoms with E-state index >= 15 is 0 Å². The van der Waals surface area contributed by atoms with Crippen molar-refractivity contribution in [3.8, 4) is 0 Å². The maximum absolute atomic E-state index is 11.8. The number of imide groups is 1. The van der Waals surface area contributed by atoms with E-state index in [1.54, 1.807) is 13.8 Å². The zero-order chi connectivity index (χ0) is 12.6. The zero-order valence-corrected chi connectivity index (χ0v) is 10.1. The monoisotopic (exact) mass is 239 g/mol. The maximum atomic E-state index is 11.8. The summed E-state index contributed by atoms with van der Waals surface area (Å²) in [5.74, 6) is -0.375. The molecule has 4 amide bonds. The molecule has 6 heteroatoms. The van der Waals surface area contributed by atoms with E-state index in [4.69, 9.17) is 0 Å². The minimum absolute atomic E-state index is 0.0993. The van der Waals surface area contributed by atoms with Crippen LogP contribution in [0.4, 0.5) is 4.79 Å². The number of carbonyl (C=O) groups is 3. The number of hydrogen-bond acceptors (Lipinski definition) is 3. The molecule has 2 fully saturated rings. The van der Waals surface area contributed by atoms with Gasteiger partial charge in [-0.3, -0.25) is 14.5 Å². The highest BCUT2D eigenvalue weighted by atomic mass is 16.2. The number of carbonyl (C=O) groups excluding carboxylic acids is 3. The summed E-state index contributed by atoms with van der Waals surface area (Å²) < 4.78 is 0. The SMILES string of the molecule is CC1(C)NC(=O)N(CCC(=O)NC2CC2)C1=O. The highest BCUT2D eigenvalue weighted by molar-refractivity contribution is 6.06. The lowest BCUT2D eigenvalue weighted by Gasteiger charge is -2.15. The van der Waals surface area contributed by atoms with Crippen molar-refractivity contribution in [2.24, 2.45) is 0 Å². The first kappa shape index (κ1) is 11.9. The van der Waals surface area contributed by atoms with Crippen LogP contribution in [0.2, 0.25) is 0 Å². The summed E-state index contributed by atoms with van der Waals surface area (Å²) in [6.45, 7) is 3.45. The molecule has 2 N–H and O–H groups in total. The van der Waals surface area contributed by atoms with E-state index in [9.17, 15) is 14.4 Å². The third-order valence-corrected chi connectivity index (χ3v) is 2.95. The van der Waals surface area contributed by atoms with Crippen LogP contribution >= 0.6 is 0 Å². The van der Waals surface area contributed by atoms with E-state index in [-0.39, 0.29) is 24.8 Å². The number of urea groups is 1. The van der Waals surface area contributed by atoms with Gasteiger partial charge >= 0.3 is 6.03 Å². The number of nitrogens with zero attached hydrogens (tertiary/aromatic N) is 1. The topological polar surface area (TPSA) is 78.5 Å². The van der Waals surface area contributed by atoms with E-state index < -0.39 is 11.6 Å². The predicted molar refractivity (Wildman–Crippen MR) is 60.1 cm³/mol. The Morgan fingerprint density at radius 1 is 1.47 bits per heavy atom. The van der Waals surface area contributed by atoms with Gasteiger partial charge in [-0.25, -0.2) is 4.79 Å². The summed E-state index contributed by atoms with van der Waals surface area (Å²) in [5.41, 5.74) is -0.857. The smallest absolute Gasteiger partial charge is 0.325 e. The minimum atomic E-state index is -0.857. The molecule has 0 bridgehead atoms. The first-order valence-corrected chi connectivity index (χ1v) is 5.83. The van der Waals surface area contributed by atoms with Crippen LogP contribution in [0, 0.1) is 0 Å². The van der Waals surface area contributed by atoms with Crippen LogP contribution in [0.1, 0.15) is 33.1 Å². The fourth-order valence-corrected chi connectivity index (χ4v) is 1.76. The van der Waals surface area contributed by atoms with Crippen molar-refractivity contribution in [1.29, 1.82) is 0 Å². The zero-order valence-electron chi connectivity index (χ0n) is 10.1. The Labute approximate surface area is 99.7 Å². The number of amides is 4. The van der Waals surface area contributed by atoms with Gasteiger partial charge in [-0.2, -0.15) is 0 Å². The van der Waals surface area contributed by atoms with E-state index in [1.165, 1.54) is 0 Å². The standard InChI is InChI=1S/C11H17N3O3/c1-11(2)9(16)14(10(17)13-11)6-5-8(15)12-7-3-4-7/h7H,3-6H2,1-2H3,(H,12,15)(H,13,17). The van der Waals surface area contributed by atoms with Gasteiger partial charge in [-0.1, -0.05) is 0 Å². The van der Waals surface area contributed by atoms with Gasteiger partial charge in [0.1, 0.15) is 5.54 Å². The second-order valence-electron chi connectivity index (χ2n) is 5.10. The lowest BCUT2D eigenvalue weighted by atomic mass is 10.1. The van der Waals surface area contributed by atoms with Crippen molar-refractivity contribution in [1.82, 2.24) is 15.5 Å². The van der Waals surface area contributed by atoms with Crippen molar-refractivity contribution >= 4 is 17.8 Å². The molecular formula is C11H17N3O3. The van der Waals surface area contributed by atoms with E-state index in [1.807, 2.05) is 0 Å². The molecular weight excluding hydrogens is 222 g/mol. The third kappa shape index (κ3) is 2.57. The Morgan fingerprint density at radius 2 is 2.12 bits per heavy atom. The molecule has 2 rings (SSSR count). The molecule has 0 spiro atoms. The molecule has 6 nitrogen and oxygen atoms in total. The van der Waals surface area contributed by atoms with Crippen LogP contribution in [0.5, 0.6) is 0 Å². The lowest BCUT2D eigenvalue weighted by molar-refractivity contribution is -0.130. The van der Waals surface area contributed by atoms with Crippen molar-refractivity contribution in [3.05, 3.63) is 0 Å². The van der Waals surface area contributed by atoms with Gasteiger partial charge in [0.25, 0.3) is 5.91 Å².